The SMILES string of the molecule is CCCC1CC(=O)N(CC2CCNC2)C1. The van der Waals surface area contributed by atoms with E-state index in [9.17, 15) is 4.79 Å². The largest absolute Gasteiger partial charge is 0.342 e. The molecule has 1 N–H and O–H groups in total. The first-order chi connectivity index (χ1) is 7.29. The fraction of sp³-hybridized carbons (Fsp3) is 0.917. The third-order valence-corrected chi connectivity index (χ3v) is 3.63. The molecule has 2 fully saturated rings. The van der Waals surface area contributed by atoms with Gasteiger partial charge in [0.15, 0.2) is 0 Å². The maximum absolute atomic E-state index is 11.8. The molecule has 2 aliphatic rings. The monoisotopic (exact) mass is 210 g/mol. The molecule has 2 atom stereocenters. The normalized spacial score (nSPS) is 31.5. The molecule has 1 amide bonds. The van der Waals surface area contributed by atoms with Crippen LogP contribution in [0.2, 0.25) is 0 Å². The maximum atomic E-state index is 11.8. The molecule has 0 bridgehead atoms. The molecule has 15 heavy (non-hydrogen) atoms. The summed E-state index contributed by atoms with van der Waals surface area (Å²) in [5, 5.41) is 3.36. The number of nitrogens with zero attached hydrogens (tertiary/aromatic N) is 1. The molecule has 0 spiro atoms. The van der Waals surface area contributed by atoms with Crippen molar-refractivity contribution in [3.8, 4) is 0 Å². The lowest BCUT2D eigenvalue weighted by Crippen LogP contribution is -2.31. The molecule has 0 aliphatic carbocycles. The summed E-state index contributed by atoms with van der Waals surface area (Å²) in [6.07, 6.45) is 4.46. The molecular formula is C12H22N2O. The Kier molecular flexibility index (Phi) is 3.62. The average molecular weight is 210 g/mol. The Morgan fingerprint density at radius 3 is 3.00 bits per heavy atom. The first-order valence-corrected chi connectivity index (χ1v) is 6.28. The Balaban J connectivity index is 1.79. The molecule has 2 saturated heterocycles. The summed E-state index contributed by atoms with van der Waals surface area (Å²) < 4.78 is 0. The van der Waals surface area contributed by atoms with E-state index in [2.05, 4.69) is 17.1 Å². The van der Waals surface area contributed by atoms with Gasteiger partial charge in [0.25, 0.3) is 0 Å². The zero-order valence-electron chi connectivity index (χ0n) is 9.67. The van der Waals surface area contributed by atoms with Crippen LogP contribution < -0.4 is 5.32 Å². The Labute approximate surface area is 92.2 Å². The molecule has 0 saturated carbocycles. The Hall–Kier alpha value is -0.570. The molecule has 2 heterocycles. The van der Waals surface area contributed by atoms with E-state index in [1.807, 2.05) is 0 Å². The number of nitrogens with one attached hydrogen (secondary N) is 1. The van der Waals surface area contributed by atoms with Gasteiger partial charge in [0.05, 0.1) is 0 Å². The molecule has 3 nitrogen and oxygen atoms in total. The van der Waals surface area contributed by atoms with Crippen LogP contribution in [-0.4, -0.2) is 37.0 Å². The van der Waals surface area contributed by atoms with Crippen molar-refractivity contribution in [2.45, 2.75) is 32.6 Å². The highest BCUT2D eigenvalue weighted by Gasteiger charge is 2.30. The summed E-state index contributed by atoms with van der Waals surface area (Å²) in [5.74, 6) is 1.73. The van der Waals surface area contributed by atoms with Crippen LogP contribution in [0.4, 0.5) is 0 Å². The molecule has 0 aromatic heterocycles. The fourth-order valence-corrected chi connectivity index (χ4v) is 2.81. The van der Waals surface area contributed by atoms with Crippen LogP contribution in [0, 0.1) is 11.8 Å². The van der Waals surface area contributed by atoms with Crippen LogP contribution >= 0.6 is 0 Å². The number of rotatable bonds is 4. The van der Waals surface area contributed by atoms with Crippen molar-refractivity contribution in [1.29, 1.82) is 0 Å². The van der Waals surface area contributed by atoms with Crippen molar-refractivity contribution in [3.63, 3.8) is 0 Å². The summed E-state index contributed by atoms with van der Waals surface area (Å²) in [5.41, 5.74) is 0. The van der Waals surface area contributed by atoms with Crippen molar-refractivity contribution in [3.05, 3.63) is 0 Å². The lowest BCUT2D eigenvalue weighted by molar-refractivity contribution is -0.128. The van der Waals surface area contributed by atoms with Gasteiger partial charge in [-0.3, -0.25) is 4.79 Å². The van der Waals surface area contributed by atoms with Gasteiger partial charge in [-0.15, -0.1) is 0 Å². The van der Waals surface area contributed by atoms with Crippen LogP contribution in [0.5, 0.6) is 0 Å². The standard InChI is InChI=1S/C12H22N2O/c1-2-3-10-6-12(15)14(8-10)9-11-4-5-13-7-11/h10-11,13H,2-9H2,1H3. The quantitative estimate of drug-likeness (QED) is 0.757. The second-order valence-corrected chi connectivity index (χ2v) is 5.02. The van der Waals surface area contributed by atoms with Gasteiger partial charge >= 0.3 is 0 Å². The van der Waals surface area contributed by atoms with Gasteiger partial charge in [-0.05, 0) is 37.8 Å². The summed E-state index contributed by atoms with van der Waals surface area (Å²) in [6.45, 7) is 6.44. The van der Waals surface area contributed by atoms with Gasteiger partial charge in [-0.1, -0.05) is 13.3 Å². The van der Waals surface area contributed by atoms with Crippen LogP contribution in [0.25, 0.3) is 0 Å². The summed E-state index contributed by atoms with van der Waals surface area (Å²) >= 11 is 0. The molecule has 2 aliphatic heterocycles. The topological polar surface area (TPSA) is 32.3 Å². The molecule has 0 radical (unpaired) electrons. The number of hydrogen-bond acceptors (Lipinski definition) is 2. The van der Waals surface area contributed by atoms with Crippen LogP contribution in [0.3, 0.4) is 0 Å². The number of amides is 1. The van der Waals surface area contributed by atoms with Crippen molar-refractivity contribution in [1.82, 2.24) is 10.2 Å². The predicted molar refractivity (Wildman–Crippen MR) is 60.6 cm³/mol. The van der Waals surface area contributed by atoms with E-state index in [4.69, 9.17) is 0 Å². The molecule has 0 aromatic rings. The van der Waals surface area contributed by atoms with Crippen LogP contribution in [0.1, 0.15) is 32.6 Å². The highest BCUT2D eigenvalue weighted by atomic mass is 16.2. The summed E-state index contributed by atoms with van der Waals surface area (Å²) in [4.78, 5) is 13.8. The highest BCUT2D eigenvalue weighted by molar-refractivity contribution is 5.78. The lowest BCUT2D eigenvalue weighted by atomic mass is 10.0. The number of carbonyl (C=O) groups is 1. The van der Waals surface area contributed by atoms with Crippen molar-refractivity contribution in [2.24, 2.45) is 11.8 Å². The van der Waals surface area contributed by atoms with E-state index < -0.39 is 0 Å². The van der Waals surface area contributed by atoms with Gasteiger partial charge < -0.3 is 10.2 Å². The molecule has 86 valence electrons. The number of hydrogen-bond donors (Lipinski definition) is 1. The van der Waals surface area contributed by atoms with Gasteiger partial charge in [0, 0.05) is 19.5 Å². The predicted octanol–water partition coefficient (Wildman–Crippen LogP) is 1.24. The summed E-state index contributed by atoms with van der Waals surface area (Å²) in [6, 6.07) is 0. The van der Waals surface area contributed by atoms with Gasteiger partial charge in [-0.2, -0.15) is 0 Å². The van der Waals surface area contributed by atoms with E-state index in [1.165, 1.54) is 19.3 Å². The zero-order valence-corrected chi connectivity index (χ0v) is 9.67. The fourth-order valence-electron chi connectivity index (χ4n) is 2.81. The van der Waals surface area contributed by atoms with Crippen molar-refractivity contribution in [2.75, 3.05) is 26.2 Å². The van der Waals surface area contributed by atoms with E-state index in [-0.39, 0.29) is 0 Å². The first-order valence-electron chi connectivity index (χ1n) is 6.28. The zero-order chi connectivity index (χ0) is 10.7. The molecular weight excluding hydrogens is 188 g/mol. The smallest absolute Gasteiger partial charge is 0.222 e. The van der Waals surface area contributed by atoms with E-state index >= 15 is 0 Å². The van der Waals surface area contributed by atoms with E-state index in [0.29, 0.717) is 17.7 Å². The van der Waals surface area contributed by atoms with Gasteiger partial charge in [-0.25, -0.2) is 0 Å². The van der Waals surface area contributed by atoms with Crippen LogP contribution in [-0.2, 0) is 4.79 Å². The maximum Gasteiger partial charge on any atom is 0.222 e. The average Bonchev–Trinajstić information content (AvgIpc) is 2.79. The third-order valence-electron chi connectivity index (χ3n) is 3.63. The number of likely N-dealkylation sites (tertiary alicyclic amines) is 1. The molecule has 3 heteroatoms. The molecule has 2 unspecified atom stereocenters. The van der Waals surface area contributed by atoms with Gasteiger partial charge in [0.2, 0.25) is 5.91 Å². The second kappa shape index (κ2) is 4.97. The first kappa shape index (κ1) is 10.9. The third kappa shape index (κ3) is 2.71. The van der Waals surface area contributed by atoms with E-state index in [0.717, 1.165) is 32.6 Å². The minimum atomic E-state index is 0.389. The highest BCUT2D eigenvalue weighted by Crippen LogP contribution is 2.23. The minimum absolute atomic E-state index is 0.389. The molecule has 2 rings (SSSR count). The Morgan fingerprint density at radius 2 is 2.33 bits per heavy atom. The summed E-state index contributed by atoms with van der Waals surface area (Å²) in [7, 11) is 0. The van der Waals surface area contributed by atoms with Crippen molar-refractivity contribution < 1.29 is 4.79 Å². The van der Waals surface area contributed by atoms with E-state index in [1.54, 1.807) is 0 Å². The molecule has 0 aromatic carbocycles. The van der Waals surface area contributed by atoms with Crippen molar-refractivity contribution >= 4 is 5.91 Å². The van der Waals surface area contributed by atoms with Crippen LogP contribution in [0.15, 0.2) is 0 Å². The van der Waals surface area contributed by atoms with Gasteiger partial charge in [0.1, 0.15) is 0 Å². The minimum Gasteiger partial charge on any atom is -0.342 e. The second-order valence-electron chi connectivity index (χ2n) is 5.02. The Bertz CT molecular complexity index is 224. The number of carbonyl (C=O) groups excluding carboxylic acids is 1. The lowest BCUT2D eigenvalue weighted by Gasteiger charge is -2.20. The Morgan fingerprint density at radius 1 is 1.47 bits per heavy atom.